The molecule has 0 saturated heterocycles. The van der Waals surface area contributed by atoms with Gasteiger partial charge in [-0.05, 0) is 37.9 Å². The molecule has 0 fully saturated rings. The number of hydrogen-bond acceptors (Lipinski definition) is 3. The molecule has 0 saturated carbocycles. The topological polar surface area (TPSA) is 35.5 Å². The first-order valence-electron chi connectivity index (χ1n) is 11.8. The van der Waals surface area contributed by atoms with Crippen LogP contribution in [0.5, 0.6) is 0 Å². The van der Waals surface area contributed by atoms with Gasteiger partial charge in [-0.1, -0.05) is 91.4 Å². The molecule has 4 heteroatoms. The van der Waals surface area contributed by atoms with E-state index >= 15 is 0 Å². The van der Waals surface area contributed by atoms with E-state index in [9.17, 15) is 4.79 Å². The van der Waals surface area contributed by atoms with Crippen LogP contribution in [0, 0.1) is 0 Å². The molecule has 0 radical (unpaired) electrons. The largest absolute Gasteiger partial charge is 0.469 e. The zero-order valence-electron chi connectivity index (χ0n) is 20.2. The molecule has 3 nitrogen and oxygen atoms in total. The Balaban J connectivity index is 3.39. The molecule has 0 spiro atoms. The van der Waals surface area contributed by atoms with Crippen LogP contribution in [0.4, 0.5) is 0 Å². The first-order chi connectivity index (χ1) is 13.1. The molecular weight excluding hydrogens is 364 g/mol. The number of methoxy groups -OCH3 is 1. The zero-order valence-corrected chi connectivity index (χ0v) is 21.2. The van der Waals surface area contributed by atoms with E-state index in [4.69, 9.17) is 4.43 Å². The Morgan fingerprint density at radius 2 is 1.18 bits per heavy atom. The molecule has 1 unspecified atom stereocenters. The Morgan fingerprint density at radius 3 is 1.57 bits per heavy atom. The van der Waals surface area contributed by atoms with Crippen molar-refractivity contribution in [2.24, 2.45) is 0 Å². The number of ether oxygens (including phenoxy) is 1. The number of carbonyl (C=O) groups excluding carboxylic acids is 1. The third kappa shape index (κ3) is 14.6. The fourth-order valence-corrected chi connectivity index (χ4v) is 4.79. The van der Waals surface area contributed by atoms with Crippen molar-refractivity contribution in [2.45, 2.75) is 142 Å². The lowest BCUT2D eigenvalue weighted by Gasteiger charge is -2.38. The Hall–Kier alpha value is -0.353. The summed E-state index contributed by atoms with van der Waals surface area (Å²) < 4.78 is 11.1. The minimum absolute atomic E-state index is 0.0717. The lowest BCUT2D eigenvalue weighted by molar-refractivity contribution is -0.140. The van der Waals surface area contributed by atoms with Gasteiger partial charge in [-0.25, -0.2) is 0 Å². The van der Waals surface area contributed by atoms with Crippen LogP contribution in [0.1, 0.15) is 118 Å². The zero-order chi connectivity index (χ0) is 21.5. The summed E-state index contributed by atoms with van der Waals surface area (Å²) in [6, 6.07) is 0. The van der Waals surface area contributed by atoms with Crippen LogP contribution < -0.4 is 0 Å². The van der Waals surface area contributed by atoms with Crippen molar-refractivity contribution < 1.29 is 14.0 Å². The first kappa shape index (κ1) is 27.6. The van der Waals surface area contributed by atoms with Gasteiger partial charge in [0.15, 0.2) is 8.32 Å². The van der Waals surface area contributed by atoms with Crippen molar-refractivity contribution in [1.29, 1.82) is 0 Å². The molecule has 0 rings (SSSR count). The third-order valence-electron chi connectivity index (χ3n) is 6.27. The molecule has 0 amide bonds. The molecule has 1 atom stereocenters. The summed E-state index contributed by atoms with van der Waals surface area (Å²) in [5.41, 5.74) is 0. The highest BCUT2D eigenvalue weighted by Crippen LogP contribution is 2.37. The molecule has 0 aromatic carbocycles. The second-order valence-electron chi connectivity index (χ2n) is 10.0. The summed E-state index contributed by atoms with van der Waals surface area (Å²) in [5, 5.41) is 0.310. The van der Waals surface area contributed by atoms with Crippen molar-refractivity contribution in [1.82, 2.24) is 0 Å². The summed E-state index contributed by atoms with van der Waals surface area (Å²) >= 11 is 0. The highest BCUT2D eigenvalue weighted by atomic mass is 28.4. The number of rotatable bonds is 17. The molecular formula is C24H50O3Si. The lowest BCUT2D eigenvalue weighted by atomic mass is 10.0. The van der Waals surface area contributed by atoms with Crippen molar-refractivity contribution in [2.75, 3.05) is 7.11 Å². The van der Waals surface area contributed by atoms with Crippen LogP contribution in [0.25, 0.3) is 0 Å². The molecule has 0 heterocycles. The molecule has 0 bridgehead atoms. The Labute approximate surface area is 177 Å². The quantitative estimate of drug-likeness (QED) is 0.137. The SMILES string of the molecule is COC(=O)CCCCCCCCCCCCCCC(C)O[Si](C)(C)C(C)(C)C. The van der Waals surface area contributed by atoms with E-state index in [0.29, 0.717) is 17.6 Å². The van der Waals surface area contributed by atoms with Crippen LogP contribution >= 0.6 is 0 Å². The molecule has 0 N–H and O–H groups in total. The second-order valence-corrected chi connectivity index (χ2v) is 14.8. The van der Waals surface area contributed by atoms with E-state index in [1.54, 1.807) is 0 Å². The summed E-state index contributed by atoms with van der Waals surface area (Å²) in [5.74, 6) is -0.0717. The van der Waals surface area contributed by atoms with Crippen LogP contribution in [0.2, 0.25) is 18.1 Å². The normalized spacial score (nSPS) is 13.5. The number of carbonyl (C=O) groups is 1. The van der Waals surface area contributed by atoms with Gasteiger partial charge in [-0.2, -0.15) is 0 Å². The molecule has 0 aliphatic carbocycles. The third-order valence-corrected chi connectivity index (χ3v) is 10.9. The van der Waals surface area contributed by atoms with E-state index in [1.165, 1.54) is 77.7 Å². The summed E-state index contributed by atoms with van der Waals surface area (Å²) in [4.78, 5) is 11.0. The van der Waals surface area contributed by atoms with Gasteiger partial charge in [-0.3, -0.25) is 4.79 Å². The van der Waals surface area contributed by atoms with Gasteiger partial charge in [0.25, 0.3) is 0 Å². The molecule has 28 heavy (non-hydrogen) atoms. The van der Waals surface area contributed by atoms with Crippen LogP contribution in [-0.4, -0.2) is 27.5 Å². The van der Waals surface area contributed by atoms with Crippen molar-refractivity contribution in [3.63, 3.8) is 0 Å². The van der Waals surface area contributed by atoms with Crippen LogP contribution in [0.15, 0.2) is 0 Å². The highest BCUT2D eigenvalue weighted by Gasteiger charge is 2.38. The average molecular weight is 415 g/mol. The van der Waals surface area contributed by atoms with Crippen molar-refractivity contribution in [3.05, 3.63) is 0 Å². The van der Waals surface area contributed by atoms with Crippen LogP contribution in [0.3, 0.4) is 0 Å². The van der Waals surface area contributed by atoms with Gasteiger partial charge in [-0.15, -0.1) is 0 Å². The maximum absolute atomic E-state index is 11.0. The number of esters is 1. The summed E-state index contributed by atoms with van der Waals surface area (Å²) in [6.45, 7) is 13.9. The maximum atomic E-state index is 11.0. The van der Waals surface area contributed by atoms with E-state index in [2.05, 4.69) is 45.5 Å². The van der Waals surface area contributed by atoms with Gasteiger partial charge < -0.3 is 9.16 Å². The Bertz CT molecular complexity index is 388. The first-order valence-corrected chi connectivity index (χ1v) is 14.8. The van der Waals surface area contributed by atoms with E-state index < -0.39 is 8.32 Å². The van der Waals surface area contributed by atoms with E-state index in [-0.39, 0.29) is 5.97 Å². The maximum Gasteiger partial charge on any atom is 0.305 e. The Morgan fingerprint density at radius 1 is 0.786 bits per heavy atom. The van der Waals surface area contributed by atoms with Gasteiger partial charge in [0.05, 0.1) is 7.11 Å². The molecule has 0 aliphatic rings. The predicted octanol–water partition coefficient (Wildman–Crippen LogP) is 8.03. The summed E-state index contributed by atoms with van der Waals surface area (Å²) in [7, 11) is -0.135. The number of unbranched alkanes of at least 4 members (excludes halogenated alkanes) is 11. The minimum Gasteiger partial charge on any atom is -0.469 e. The van der Waals surface area contributed by atoms with Crippen LogP contribution in [-0.2, 0) is 14.0 Å². The Kier molecular flexibility index (Phi) is 15.3. The molecule has 0 aliphatic heterocycles. The standard InChI is InChI=1S/C24H50O3Si/c1-22(27-28(6,7)24(2,3)4)20-18-16-14-12-10-8-9-11-13-15-17-19-21-23(25)26-5/h22H,8-21H2,1-7H3. The van der Waals surface area contributed by atoms with Gasteiger partial charge >= 0.3 is 5.97 Å². The second kappa shape index (κ2) is 15.5. The van der Waals surface area contributed by atoms with Crippen molar-refractivity contribution in [3.8, 4) is 0 Å². The average Bonchev–Trinajstić information content (AvgIpc) is 2.60. The lowest BCUT2D eigenvalue weighted by Crippen LogP contribution is -2.43. The minimum atomic E-state index is -1.60. The van der Waals surface area contributed by atoms with Crippen molar-refractivity contribution >= 4 is 14.3 Å². The fraction of sp³-hybridized carbons (Fsp3) is 0.958. The predicted molar refractivity (Wildman–Crippen MR) is 124 cm³/mol. The fourth-order valence-electron chi connectivity index (χ4n) is 3.31. The highest BCUT2D eigenvalue weighted by molar-refractivity contribution is 6.74. The monoisotopic (exact) mass is 414 g/mol. The molecule has 0 aromatic rings. The smallest absolute Gasteiger partial charge is 0.305 e. The molecule has 0 aromatic heterocycles. The molecule has 168 valence electrons. The van der Waals surface area contributed by atoms with Gasteiger partial charge in [0.2, 0.25) is 0 Å². The van der Waals surface area contributed by atoms with Gasteiger partial charge in [0, 0.05) is 12.5 Å². The summed E-state index contributed by atoms with van der Waals surface area (Å²) in [6.07, 6.45) is 17.8. The van der Waals surface area contributed by atoms with E-state index in [0.717, 1.165) is 12.8 Å². The number of hydrogen-bond donors (Lipinski definition) is 0. The van der Waals surface area contributed by atoms with E-state index in [1.807, 2.05) is 0 Å². The van der Waals surface area contributed by atoms with Gasteiger partial charge in [0.1, 0.15) is 0 Å².